The van der Waals surface area contributed by atoms with Crippen molar-refractivity contribution in [3.63, 3.8) is 0 Å². The fourth-order valence-electron chi connectivity index (χ4n) is 3.95. The standard InChI is InChI=1S/C25H39N5O/c1-8-21(18(3)30-15-13-27-14-16-30)23(19(4)31)24(26)25(28-20(5)29(6)7)22-12-10-9-11-17(22)2/h8-12,18,20,27H,13-16,26H2,1-7H3/b21-8+,24-23-,28-25-. The van der Waals surface area contributed by atoms with Gasteiger partial charge in [-0.05, 0) is 59.9 Å². The lowest BCUT2D eigenvalue weighted by atomic mass is 9.89. The Hall–Kier alpha value is -2.28. The molecule has 0 aromatic heterocycles. The SMILES string of the molecule is C/C=C(/C(C(C)=O)=C(N)/C(=N\C(C)N(C)C)c1ccccc1C)C(C)N1CCNCC1. The van der Waals surface area contributed by atoms with E-state index in [1.165, 1.54) is 0 Å². The van der Waals surface area contributed by atoms with Crippen molar-refractivity contribution in [2.24, 2.45) is 10.7 Å². The first-order valence-corrected chi connectivity index (χ1v) is 11.1. The number of aryl methyl sites for hydroxylation is 1. The average Bonchev–Trinajstić information content (AvgIpc) is 2.75. The van der Waals surface area contributed by atoms with Crippen LogP contribution in [-0.2, 0) is 4.79 Å². The number of nitrogens with two attached hydrogens (primary N) is 1. The van der Waals surface area contributed by atoms with E-state index in [1.54, 1.807) is 6.92 Å². The van der Waals surface area contributed by atoms with Gasteiger partial charge in [0.15, 0.2) is 5.78 Å². The number of nitrogens with one attached hydrogen (secondary N) is 1. The van der Waals surface area contributed by atoms with Gasteiger partial charge in [-0.1, -0.05) is 30.3 Å². The molecule has 6 heteroatoms. The highest BCUT2D eigenvalue weighted by Crippen LogP contribution is 2.25. The first-order chi connectivity index (χ1) is 14.7. The number of rotatable bonds is 8. The summed E-state index contributed by atoms with van der Waals surface area (Å²) in [7, 11) is 3.97. The summed E-state index contributed by atoms with van der Waals surface area (Å²) in [5, 5.41) is 3.39. The van der Waals surface area contributed by atoms with Crippen LogP contribution in [0.4, 0.5) is 0 Å². The molecule has 1 aliphatic heterocycles. The second-order valence-corrected chi connectivity index (χ2v) is 8.44. The minimum absolute atomic E-state index is 0.0358. The second kappa shape index (κ2) is 11.4. The quantitative estimate of drug-likeness (QED) is 0.381. The molecule has 31 heavy (non-hydrogen) atoms. The molecule has 1 aromatic carbocycles. The third kappa shape index (κ3) is 6.12. The third-order valence-electron chi connectivity index (χ3n) is 6.09. The highest BCUT2D eigenvalue weighted by Gasteiger charge is 2.27. The van der Waals surface area contributed by atoms with Gasteiger partial charge in [-0.25, -0.2) is 0 Å². The Morgan fingerprint density at radius 3 is 2.35 bits per heavy atom. The summed E-state index contributed by atoms with van der Waals surface area (Å²) in [6.07, 6.45) is 1.95. The number of carbonyl (C=O) groups excluding carboxylic acids is 1. The average molecular weight is 426 g/mol. The van der Waals surface area contributed by atoms with Gasteiger partial charge >= 0.3 is 0 Å². The summed E-state index contributed by atoms with van der Waals surface area (Å²) in [6, 6.07) is 8.15. The maximum absolute atomic E-state index is 12.9. The molecule has 1 aromatic rings. The molecule has 1 fully saturated rings. The van der Waals surface area contributed by atoms with Crippen LogP contribution in [0.2, 0.25) is 0 Å². The molecule has 2 unspecified atom stereocenters. The number of aliphatic imine (C=N–C) groups is 1. The molecule has 1 saturated heterocycles. The Labute approximate surface area is 187 Å². The van der Waals surface area contributed by atoms with E-state index in [0.29, 0.717) is 17.0 Å². The van der Waals surface area contributed by atoms with Crippen molar-refractivity contribution in [2.45, 2.75) is 46.8 Å². The maximum Gasteiger partial charge on any atom is 0.162 e. The zero-order valence-electron chi connectivity index (χ0n) is 20.2. The largest absolute Gasteiger partial charge is 0.396 e. The van der Waals surface area contributed by atoms with Gasteiger partial charge in [-0.3, -0.25) is 19.6 Å². The number of hydrogen-bond acceptors (Lipinski definition) is 6. The van der Waals surface area contributed by atoms with Gasteiger partial charge in [-0.15, -0.1) is 0 Å². The molecule has 0 spiro atoms. The van der Waals surface area contributed by atoms with Crippen LogP contribution < -0.4 is 11.1 Å². The summed E-state index contributed by atoms with van der Waals surface area (Å²) in [5.74, 6) is -0.0358. The Morgan fingerprint density at radius 1 is 1.23 bits per heavy atom. The minimum Gasteiger partial charge on any atom is -0.396 e. The topological polar surface area (TPSA) is 74.0 Å². The van der Waals surface area contributed by atoms with Gasteiger partial charge in [0.2, 0.25) is 0 Å². The molecule has 2 atom stereocenters. The van der Waals surface area contributed by atoms with E-state index in [4.69, 9.17) is 10.7 Å². The van der Waals surface area contributed by atoms with E-state index in [9.17, 15) is 4.79 Å². The van der Waals surface area contributed by atoms with Gasteiger partial charge in [-0.2, -0.15) is 0 Å². The van der Waals surface area contributed by atoms with Gasteiger partial charge in [0, 0.05) is 43.4 Å². The van der Waals surface area contributed by atoms with E-state index < -0.39 is 0 Å². The Kier molecular flexibility index (Phi) is 9.16. The second-order valence-electron chi connectivity index (χ2n) is 8.44. The van der Waals surface area contributed by atoms with E-state index in [1.807, 2.05) is 70.1 Å². The number of ketones is 1. The summed E-state index contributed by atoms with van der Waals surface area (Å²) < 4.78 is 0. The molecule has 2 rings (SSSR count). The molecule has 0 bridgehead atoms. The van der Waals surface area contributed by atoms with Crippen molar-refractivity contribution in [3.05, 3.63) is 58.3 Å². The van der Waals surface area contributed by atoms with Crippen LogP contribution in [-0.4, -0.2) is 73.8 Å². The minimum atomic E-state index is -0.0824. The van der Waals surface area contributed by atoms with Crippen molar-refractivity contribution in [3.8, 4) is 0 Å². The molecule has 1 heterocycles. The number of benzene rings is 1. The van der Waals surface area contributed by atoms with Gasteiger partial charge < -0.3 is 11.1 Å². The molecule has 3 N–H and O–H groups in total. The number of nitrogens with zero attached hydrogens (tertiary/aromatic N) is 3. The van der Waals surface area contributed by atoms with Gasteiger partial charge in [0.05, 0.1) is 17.6 Å². The lowest BCUT2D eigenvalue weighted by Gasteiger charge is -2.35. The number of Topliss-reactive ketones (excluding diaryl/α,β-unsaturated/α-hetero) is 1. The molecule has 0 aliphatic carbocycles. The molecule has 0 saturated carbocycles. The summed E-state index contributed by atoms with van der Waals surface area (Å²) in [5.41, 5.74) is 11.5. The lowest BCUT2D eigenvalue weighted by molar-refractivity contribution is -0.113. The van der Waals surface area contributed by atoms with Crippen LogP contribution >= 0.6 is 0 Å². The van der Waals surface area contributed by atoms with Crippen molar-refractivity contribution < 1.29 is 4.79 Å². The van der Waals surface area contributed by atoms with Crippen LogP contribution in [0, 0.1) is 6.92 Å². The van der Waals surface area contributed by atoms with Crippen LogP contribution in [0.3, 0.4) is 0 Å². The first-order valence-electron chi connectivity index (χ1n) is 11.1. The van der Waals surface area contributed by atoms with E-state index in [2.05, 4.69) is 17.1 Å². The fourth-order valence-corrected chi connectivity index (χ4v) is 3.95. The highest BCUT2D eigenvalue weighted by atomic mass is 16.1. The van der Waals surface area contributed by atoms with E-state index in [-0.39, 0.29) is 18.0 Å². The molecular formula is C25H39N5O. The van der Waals surface area contributed by atoms with Crippen LogP contribution in [0.15, 0.2) is 52.2 Å². The fraction of sp³-hybridized carbons (Fsp3) is 0.520. The molecule has 6 nitrogen and oxygen atoms in total. The number of carbonyl (C=O) groups is 1. The zero-order chi connectivity index (χ0) is 23.1. The lowest BCUT2D eigenvalue weighted by Crippen LogP contribution is -2.48. The Balaban J connectivity index is 2.66. The smallest absolute Gasteiger partial charge is 0.162 e. The molecule has 0 amide bonds. The van der Waals surface area contributed by atoms with Crippen LogP contribution in [0.5, 0.6) is 0 Å². The van der Waals surface area contributed by atoms with Crippen LogP contribution in [0.25, 0.3) is 0 Å². The summed E-state index contributed by atoms with van der Waals surface area (Å²) in [6.45, 7) is 13.6. The van der Waals surface area contributed by atoms with Gasteiger partial charge in [0.25, 0.3) is 0 Å². The zero-order valence-corrected chi connectivity index (χ0v) is 20.2. The predicted octanol–water partition coefficient (Wildman–Crippen LogP) is 2.73. The molecule has 170 valence electrons. The molecule has 1 aliphatic rings. The maximum atomic E-state index is 12.9. The van der Waals surface area contributed by atoms with Crippen LogP contribution in [0.1, 0.15) is 38.8 Å². The predicted molar refractivity (Wildman–Crippen MR) is 130 cm³/mol. The van der Waals surface area contributed by atoms with Crippen molar-refractivity contribution in [1.82, 2.24) is 15.1 Å². The Bertz CT molecular complexity index is 862. The third-order valence-corrected chi connectivity index (χ3v) is 6.09. The number of allylic oxidation sites excluding steroid dienone is 2. The highest BCUT2D eigenvalue weighted by molar-refractivity contribution is 6.18. The molecular weight excluding hydrogens is 386 g/mol. The van der Waals surface area contributed by atoms with Crippen molar-refractivity contribution >= 4 is 11.5 Å². The van der Waals surface area contributed by atoms with Crippen molar-refractivity contribution in [1.29, 1.82) is 0 Å². The summed E-state index contributed by atoms with van der Waals surface area (Å²) >= 11 is 0. The van der Waals surface area contributed by atoms with Crippen molar-refractivity contribution in [2.75, 3.05) is 40.3 Å². The number of hydrogen-bond donors (Lipinski definition) is 2. The first kappa shape index (κ1) is 25.0. The normalized spacial score (nSPS) is 19.2. The van der Waals surface area contributed by atoms with E-state index >= 15 is 0 Å². The Morgan fingerprint density at radius 2 is 1.84 bits per heavy atom. The monoisotopic (exact) mass is 425 g/mol. The number of piperazine rings is 1. The van der Waals surface area contributed by atoms with E-state index in [0.717, 1.165) is 42.9 Å². The molecule has 0 radical (unpaired) electrons. The van der Waals surface area contributed by atoms with Gasteiger partial charge in [0.1, 0.15) is 0 Å². The summed E-state index contributed by atoms with van der Waals surface area (Å²) in [4.78, 5) is 22.3.